The molecule has 1 fully saturated rings. The molecule has 7 heteroatoms. The summed E-state index contributed by atoms with van der Waals surface area (Å²) in [5.41, 5.74) is 2.21. The molecule has 1 aromatic carbocycles. The minimum atomic E-state index is -0.447. The molecule has 5 nitrogen and oxygen atoms in total. The molecule has 1 aromatic heterocycles. The van der Waals surface area contributed by atoms with E-state index in [2.05, 4.69) is 10.2 Å². The summed E-state index contributed by atoms with van der Waals surface area (Å²) in [5, 5.41) is 3.40. The average molecular weight is 390 g/mol. The Labute approximate surface area is 162 Å². The van der Waals surface area contributed by atoms with E-state index < -0.39 is 5.97 Å². The molecule has 27 heavy (non-hydrogen) atoms. The number of ether oxygens (including phenoxy) is 1. The second kappa shape index (κ2) is 8.19. The number of aryl methyl sites for hydroxylation is 1. The normalized spacial score (nSPS) is 13.7. The number of halogens is 1. The van der Waals surface area contributed by atoms with Crippen molar-refractivity contribution in [1.29, 1.82) is 0 Å². The average Bonchev–Trinajstić information content (AvgIpc) is 3.43. The molecule has 144 valence electrons. The van der Waals surface area contributed by atoms with Crippen LogP contribution in [0.15, 0.2) is 24.3 Å². The van der Waals surface area contributed by atoms with Crippen LogP contribution in [0.5, 0.6) is 0 Å². The third-order valence-electron chi connectivity index (χ3n) is 4.74. The second-order valence-corrected chi connectivity index (χ2v) is 8.01. The lowest BCUT2D eigenvalue weighted by Gasteiger charge is -2.21. The van der Waals surface area contributed by atoms with Crippen LogP contribution in [-0.4, -0.2) is 36.5 Å². The third kappa shape index (κ3) is 4.73. The van der Waals surface area contributed by atoms with Gasteiger partial charge in [0.15, 0.2) is 0 Å². The zero-order valence-electron chi connectivity index (χ0n) is 15.7. The molecule has 3 rings (SSSR count). The highest BCUT2D eigenvalue weighted by Gasteiger charge is 2.31. The topological polar surface area (TPSA) is 58.6 Å². The summed E-state index contributed by atoms with van der Waals surface area (Å²) in [5.74, 6) is -0.888. The summed E-state index contributed by atoms with van der Waals surface area (Å²) in [6, 6.07) is 6.71. The van der Waals surface area contributed by atoms with Crippen molar-refractivity contribution in [3.8, 4) is 0 Å². The van der Waals surface area contributed by atoms with Crippen LogP contribution in [0.3, 0.4) is 0 Å². The number of esters is 1. The molecule has 2 aromatic rings. The summed E-state index contributed by atoms with van der Waals surface area (Å²) in [6.07, 6.45) is 2.11. The quantitative estimate of drug-likeness (QED) is 0.729. The summed E-state index contributed by atoms with van der Waals surface area (Å²) < 4.78 is 17.9. The highest BCUT2D eigenvalue weighted by atomic mass is 32.1. The zero-order chi connectivity index (χ0) is 19.6. The molecular weight excluding hydrogens is 367 g/mol. The Morgan fingerprint density at radius 3 is 2.52 bits per heavy atom. The fourth-order valence-corrected chi connectivity index (χ4v) is 4.06. The summed E-state index contributed by atoms with van der Waals surface area (Å²) in [6.45, 7) is 4.56. The summed E-state index contributed by atoms with van der Waals surface area (Å²) in [7, 11) is 1.33. The molecule has 1 N–H and O–H groups in total. The maximum atomic E-state index is 13.1. The van der Waals surface area contributed by atoms with E-state index in [0.717, 1.165) is 28.8 Å². The van der Waals surface area contributed by atoms with Gasteiger partial charge in [0.05, 0.1) is 19.2 Å². The maximum absolute atomic E-state index is 13.1. The smallest absolute Gasteiger partial charge is 0.341 e. The Hall–Kier alpha value is -2.25. The number of thiophene rings is 1. The van der Waals surface area contributed by atoms with Gasteiger partial charge in [-0.1, -0.05) is 12.1 Å². The molecule has 1 aliphatic rings. The number of rotatable bonds is 7. The molecular formula is C20H23FN2O3S. The molecule has 0 aliphatic heterocycles. The lowest BCUT2D eigenvalue weighted by atomic mass is 10.1. The molecule has 1 saturated carbocycles. The highest BCUT2D eigenvalue weighted by molar-refractivity contribution is 7.16. The number of methoxy groups -OCH3 is 1. The Morgan fingerprint density at radius 2 is 1.93 bits per heavy atom. The van der Waals surface area contributed by atoms with Crippen LogP contribution in [-0.2, 0) is 16.1 Å². The standard InChI is InChI=1S/C20H23FN2O3S/c1-12-13(2)27-19(18(12)20(25)26-3)22-17(24)11-23(16-8-9-16)10-14-4-6-15(21)7-5-14/h4-7,16H,8-11H2,1-3H3,(H,22,24). The Morgan fingerprint density at radius 1 is 1.26 bits per heavy atom. The van der Waals surface area contributed by atoms with Gasteiger partial charge in [0.25, 0.3) is 0 Å². The zero-order valence-corrected chi connectivity index (χ0v) is 16.5. The van der Waals surface area contributed by atoms with E-state index >= 15 is 0 Å². The molecule has 0 bridgehead atoms. The largest absolute Gasteiger partial charge is 0.465 e. The molecule has 1 amide bonds. The van der Waals surface area contributed by atoms with Crippen molar-refractivity contribution < 1.29 is 18.7 Å². The number of hydrogen-bond donors (Lipinski definition) is 1. The van der Waals surface area contributed by atoms with E-state index in [1.807, 2.05) is 13.8 Å². The fraction of sp³-hybridized carbons (Fsp3) is 0.400. The number of carbonyl (C=O) groups excluding carboxylic acids is 2. The van der Waals surface area contributed by atoms with E-state index in [0.29, 0.717) is 23.2 Å². The molecule has 1 heterocycles. The van der Waals surface area contributed by atoms with Crippen LogP contribution < -0.4 is 5.32 Å². The molecule has 0 unspecified atom stereocenters. The molecule has 1 aliphatic carbocycles. The van der Waals surface area contributed by atoms with Crippen LogP contribution in [0.4, 0.5) is 9.39 Å². The number of hydrogen-bond acceptors (Lipinski definition) is 5. The predicted octanol–water partition coefficient (Wildman–Crippen LogP) is 3.89. The van der Waals surface area contributed by atoms with E-state index in [9.17, 15) is 14.0 Å². The van der Waals surface area contributed by atoms with Gasteiger partial charge >= 0.3 is 5.97 Å². The summed E-state index contributed by atoms with van der Waals surface area (Å²) in [4.78, 5) is 27.7. The highest BCUT2D eigenvalue weighted by Crippen LogP contribution is 2.33. The predicted molar refractivity (Wildman–Crippen MR) is 104 cm³/mol. The van der Waals surface area contributed by atoms with Crippen molar-refractivity contribution in [3.05, 3.63) is 51.7 Å². The van der Waals surface area contributed by atoms with Crippen molar-refractivity contribution in [1.82, 2.24) is 4.90 Å². The molecule has 0 atom stereocenters. The minimum Gasteiger partial charge on any atom is -0.465 e. The van der Waals surface area contributed by atoms with Crippen LogP contribution in [0, 0.1) is 19.7 Å². The van der Waals surface area contributed by atoms with Gasteiger partial charge in [0.2, 0.25) is 5.91 Å². The first-order valence-electron chi connectivity index (χ1n) is 8.85. The second-order valence-electron chi connectivity index (χ2n) is 6.79. The van der Waals surface area contributed by atoms with E-state index in [-0.39, 0.29) is 18.3 Å². The van der Waals surface area contributed by atoms with Crippen molar-refractivity contribution >= 4 is 28.2 Å². The number of nitrogens with one attached hydrogen (secondary N) is 1. The minimum absolute atomic E-state index is 0.171. The summed E-state index contributed by atoms with van der Waals surface area (Å²) >= 11 is 1.38. The first kappa shape index (κ1) is 19.5. The Bertz CT molecular complexity index is 844. The van der Waals surface area contributed by atoms with Crippen LogP contribution >= 0.6 is 11.3 Å². The number of anilines is 1. The molecule has 0 saturated heterocycles. The van der Waals surface area contributed by atoms with Crippen molar-refractivity contribution in [3.63, 3.8) is 0 Å². The lowest BCUT2D eigenvalue weighted by molar-refractivity contribution is -0.117. The third-order valence-corrected chi connectivity index (χ3v) is 5.86. The van der Waals surface area contributed by atoms with Crippen molar-refractivity contribution in [2.45, 2.75) is 39.3 Å². The first-order chi connectivity index (χ1) is 12.9. The van der Waals surface area contributed by atoms with Gasteiger partial charge < -0.3 is 10.1 Å². The van der Waals surface area contributed by atoms with Crippen LogP contribution in [0.2, 0.25) is 0 Å². The van der Waals surface area contributed by atoms with Gasteiger partial charge in [-0.25, -0.2) is 9.18 Å². The van der Waals surface area contributed by atoms with Crippen LogP contribution in [0.1, 0.15) is 39.2 Å². The van der Waals surface area contributed by atoms with Gasteiger partial charge in [0.1, 0.15) is 10.8 Å². The first-order valence-corrected chi connectivity index (χ1v) is 9.67. The Balaban J connectivity index is 1.69. The van der Waals surface area contributed by atoms with Gasteiger partial charge in [0, 0.05) is 17.5 Å². The van der Waals surface area contributed by atoms with E-state index in [1.54, 1.807) is 12.1 Å². The number of amides is 1. The maximum Gasteiger partial charge on any atom is 0.341 e. The van der Waals surface area contributed by atoms with Gasteiger partial charge in [-0.3, -0.25) is 9.69 Å². The van der Waals surface area contributed by atoms with Gasteiger partial charge in [-0.05, 0) is 49.9 Å². The number of carbonyl (C=O) groups is 2. The fourth-order valence-electron chi connectivity index (χ4n) is 2.99. The monoisotopic (exact) mass is 390 g/mol. The number of nitrogens with zero attached hydrogens (tertiary/aromatic N) is 1. The van der Waals surface area contributed by atoms with Crippen molar-refractivity contribution in [2.75, 3.05) is 19.0 Å². The van der Waals surface area contributed by atoms with Gasteiger partial charge in [-0.2, -0.15) is 0 Å². The van der Waals surface area contributed by atoms with Gasteiger partial charge in [-0.15, -0.1) is 11.3 Å². The lowest BCUT2D eigenvalue weighted by Crippen LogP contribution is -2.34. The van der Waals surface area contributed by atoms with E-state index in [4.69, 9.17) is 4.74 Å². The molecule has 0 spiro atoms. The van der Waals surface area contributed by atoms with Crippen LogP contribution in [0.25, 0.3) is 0 Å². The number of benzene rings is 1. The molecule has 0 radical (unpaired) electrons. The Kier molecular flexibility index (Phi) is 5.92. The SMILES string of the molecule is COC(=O)c1c(NC(=O)CN(Cc2ccc(F)cc2)C2CC2)sc(C)c1C. The van der Waals surface area contributed by atoms with Crippen molar-refractivity contribution in [2.24, 2.45) is 0 Å². The van der Waals surface area contributed by atoms with E-state index in [1.165, 1.54) is 30.6 Å².